The van der Waals surface area contributed by atoms with E-state index in [2.05, 4.69) is 50.3 Å². The zero-order valence-corrected chi connectivity index (χ0v) is 46.0. The molecule has 0 heterocycles. The molecule has 0 spiro atoms. The predicted octanol–water partition coefficient (Wildman–Crippen LogP) is 18.1. The number of nitrogens with zero attached hydrogens (tertiary/aromatic N) is 1. The monoisotopic (exact) mass is 967 g/mol. The van der Waals surface area contributed by atoms with Gasteiger partial charge in [0.15, 0.2) is 0 Å². The van der Waals surface area contributed by atoms with Crippen LogP contribution in [0.5, 0.6) is 0 Å². The minimum Gasteiger partial charge on any atom is -0.457 e. The quantitative estimate of drug-likeness (QED) is 0.0213. The van der Waals surface area contributed by atoms with E-state index >= 15 is 0 Å². The molecule has 0 bridgehead atoms. The fourth-order valence-electron chi connectivity index (χ4n) is 8.27. The summed E-state index contributed by atoms with van der Waals surface area (Å²) in [5.74, 6) is -0.316. The molecule has 0 fully saturated rings. The molecule has 0 amide bonds. The zero-order chi connectivity index (χ0) is 49.0. The Bertz CT molecular complexity index is 1170. The maximum Gasteiger partial charge on any atom is 0.472 e. The standard InChI is InChI=1S/C58H112NO7P/c1-6-8-10-12-14-16-18-20-22-24-26-28-30-31-33-35-37-39-41-43-45-47-49-51-58(60)66-57(56-65-67(61,62)64-54-52-59(3,4)5)55-63-53-50-48-46-44-42-40-38-36-34-32-29-27-25-23-21-19-17-15-13-11-9-7-2/h18,20,24,26,30-31,57H,6-17,19,21-23,25,27-29,32-56H2,1-5H3/p+1/b20-18-,26-24-,31-30-. The molecule has 0 aromatic rings. The molecule has 0 saturated carbocycles. The predicted molar refractivity (Wildman–Crippen MR) is 289 cm³/mol. The van der Waals surface area contributed by atoms with E-state index in [-0.39, 0.29) is 25.8 Å². The van der Waals surface area contributed by atoms with Gasteiger partial charge in [-0.2, -0.15) is 0 Å². The zero-order valence-electron chi connectivity index (χ0n) is 45.2. The summed E-state index contributed by atoms with van der Waals surface area (Å²) >= 11 is 0. The molecular weight excluding hydrogens is 854 g/mol. The number of phosphoric ester groups is 1. The van der Waals surface area contributed by atoms with Crippen LogP contribution in [-0.4, -0.2) is 75.6 Å². The van der Waals surface area contributed by atoms with E-state index < -0.39 is 13.9 Å². The van der Waals surface area contributed by atoms with Crippen molar-refractivity contribution in [2.45, 2.75) is 277 Å². The summed E-state index contributed by atoms with van der Waals surface area (Å²) in [6, 6.07) is 0. The van der Waals surface area contributed by atoms with Gasteiger partial charge < -0.3 is 18.9 Å². The molecule has 0 rings (SSSR count). The summed E-state index contributed by atoms with van der Waals surface area (Å²) in [4.78, 5) is 23.1. The number of quaternary nitrogens is 1. The summed E-state index contributed by atoms with van der Waals surface area (Å²) < 4.78 is 35.3. The molecule has 8 nitrogen and oxygen atoms in total. The van der Waals surface area contributed by atoms with E-state index in [0.29, 0.717) is 24.1 Å². The molecule has 2 atom stereocenters. The highest BCUT2D eigenvalue weighted by Crippen LogP contribution is 2.43. The lowest BCUT2D eigenvalue weighted by molar-refractivity contribution is -0.870. The number of rotatable bonds is 54. The molecule has 9 heteroatoms. The molecule has 0 radical (unpaired) electrons. The third-order valence-corrected chi connectivity index (χ3v) is 13.7. The van der Waals surface area contributed by atoms with Crippen LogP contribution in [0.4, 0.5) is 0 Å². The molecule has 0 aromatic carbocycles. The second-order valence-electron chi connectivity index (χ2n) is 20.7. The summed E-state index contributed by atoms with van der Waals surface area (Å²) in [5.41, 5.74) is 0. The van der Waals surface area contributed by atoms with Crippen molar-refractivity contribution in [3.8, 4) is 0 Å². The summed E-state index contributed by atoms with van der Waals surface area (Å²) in [6.07, 6.45) is 63.5. The number of unbranched alkanes of at least 4 members (excludes halogenated alkanes) is 34. The van der Waals surface area contributed by atoms with Crippen LogP contribution >= 0.6 is 7.82 Å². The molecular formula is C58H113NO7P+. The van der Waals surface area contributed by atoms with E-state index in [0.717, 1.165) is 51.4 Å². The van der Waals surface area contributed by atoms with Gasteiger partial charge in [-0.05, 0) is 51.4 Å². The maximum atomic E-state index is 12.8. The SMILES string of the molecule is CCCCCCC/C=C\C/C=C\C/C=C\CCCCCCCCCCC(=O)OC(COCCCCCCCCCCCCCCCCCCCCCCCC)COP(=O)(O)OCC[N+](C)(C)C. The minimum absolute atomic E-state index is 0.0884. The van der Waals surface area contributed by atoms with Crippen molar-refractivity contribution in [2.24, 2.45) is 0 Å². The third kappa shape index (κ3) is 55.5. The number of hydrogen-bond acceptors (Lipinski definition) is 6. The van der Waals surface area contributed by atoms with Crippen LogP contribution in [0.15, 0.2) is 36.5 Å². The molecule has 396 valence electrons. The highest BCUT2D eigenvalue weighted by molar-refractivity contribution is 7.47. The first-order chi connectivity index (χ1) is 32.6. The van der Waals surface area contributed by atoms with Crippen LogP contribution in [0, 0.1) is 0 Å². The fourth-order valence-corrected chi connectivity index (χ4v) is 9.01. The van der Waals surface area contributed by atoms with Crippen molar-refractivity contribution in [3.63, 3.8) is 0 Å². The van der Waals surface area contributed by atoms with Crippen molar-refractivity contribution < 1.29 is 37.3 Å². The number of carbonyl (C=O) groups excluding carboxylic acids is 1. The van der Waals surface area contributed by atoms with Gasteiger partial charge in [0.1, 0.15) is 19.3 Å². The highest BCUT2D eigenvalue weighted by atomic mass is 31.2. The number of esters is 1. The lowest BCUT2D eigenvalue weighted by Crippen LogP contribution is -2.37. The Labute approximate surface area is 416 Å². The van der Waals surface area contributed by atoms with Gasteiger partial charge in [0.05, 0.1) is 34.4 Å². The van der Waals surface area contributed by atoms with Crippen molar-refractivity contribution in [3.05, 3.63) is 36.5 Å². The van der Waals surface area contributed by atoms with E-state index in [1.807, 2.05) is 21.1 Å². The average Bonchev–Trinajstić information content (AvgIpc) is 3.29. The molecule has 0 aliphatic heterocycles. The molecule has 0 aromatic heterocycles. The Morgan fingerprint density at radius 1 is 0.463 bits per heavy atom. The van der Waals surface area contributed by atoms with E-state index in [4.69, 9.17) is 18.5 Å². The van der Waals surface area contributed by atoms with Gasteiger partial charge in [-0.1, -0.05) is 249 Å². The maximum absolute atomic E-state index is 12.8. The van der Waals surface area contributed by atoms with Crippen LogP contribution in [0.2, 0.25) is 0 Å². The highest BCUT2D eigenvalue weighted by Gasteiger charge is 2.26. The van der Waals surface area contributed by atoms with Crippen LogP contribution in [0.1, 0.15) is 271 Å². The van der Waals surface area contributed by atoms with Crippen LogP contribution in [-0.2, 0) is 27.9 Å². The second kappa shape index (κ2) is 51.1. The van der Waals surface area contributed by atoms with Crippen LogP contribution in [0.25, 0.3) is 0 Å². The van der Waals surface area contributed by atoms with E-state index in [1.54, 1.807) is 0 Å². The Morgan fingerprint density at radius 2 is 0.821 bits per heavy atom. The van der Waals surface area contributed by atoms with Crippen molar-refractivity contribution >= 4 is 13.8 Å². The Balaban J connectivity index is 4.08. The van der Waals surface area contributed by atoms with Gasteiger partial charge in [0, 0.05) is 13.0 Å². The van der Waals surface area contributed by atoms with Gasteiger partial charge in [-0.15, -0.1) is 0 Å². The topological polar surface area (TPSA) is 91.3 Å². The number of allylic oxidation sites excluding steroid dienone is 6. The lowest BCUT2D eigenvalue weighted by Gasteiger charge is -2.24. The Kier molecular flexibility index (Phi) is 50.1. The van der Waals surface area contributed by atoms with Gasteiger partial charge in [0.2, 0.25) is 0 Å². The average molecular weight is 968 g/mol. The number of carbonyl (C=O) groups is 1. The smallest absolute Gasteiger partial charge is 0.457 e. The van der Waals surface area contributed by atoms with Crippen LogP contribution in [0.3, 0.4) is 0 Å². The molecule has 67 heavy (non-hydrogen) atoms. The van der Waals surface area contributed by atoms with Gasteiger partial charge >= 0.3 is 13.8 Å². The molecule has 1 N–H and O–H groups in total. The third-order valence-electron chi connectivity index (χ3n) is 12.7. The minimum atomic E-state index is -4.28. The van der Waals surface area contributed by atoms with Crippen molar-refractivity contribution in [1.29, 1.82) is 0 Å². The molecule has 2 unspecified atom stereocenters. The first kappa shape index (κ1) is 65.7. The molecule has 0 aliphatic rings. The largest absolute Gasteiger partial charge is 0.472 e. The van der Waals surface area contributed by atoms with E-state index in [9.17, 15) is 14.3 Å². The number of likely N-dealkylation sites (N-methyl/N-ethyl adjacent to an activating group) is 1. The first-order valence-electron chi connectivity index (χ1n) is 28.7. The van der Waals surface area contributed by atoms with Gasteiger partial charge in [0.25, 0.3) is 0 Å². The van der Waals surface area contributed by atoms with Crippen molar-refractivity contribution in [2.75, 3.05) is 54.1 Å². The number of phosphoric acid groups is 1. The lowest BCUT2D eigenvalue weighted by atomic mass is 10.0. The summed E-state index contributed by atoms with van der Waals surface area (Å²) in [7, 11) is 1.67. The van der Waals surface area contributed by atoms with Gasteiger partial charge in [-0.3, -0.25) is 13.8 Å². The Hall–Kier alpha value is -1.28. The Morgan fingerprint density at radius 3 is 1.22 bits per heavy atom. The number of hydrogen-bond donors (Lipinski definition) is 1. The first-order valence-corrected chi connectivity index (χ1v) is 30.2. The van der Waals surface area contributed by atoms with E-state index in [1.165, 1.54) is 199 Å². The second-order valence-corrected chi connectivity index (χ2v) is 22.1. The summed E-state index contributed by atoms with van der Waals surface area (Å²) in [6.45, 7) is 5.66. The normalized spacial score (nSPS) is 13.7. The number of ether oxygens (including phenoxy) is 2. The van der Waals surface area contributed by atoms with Gasteiger partial charge in [-0.25, -0.2) is 4.57 Å². The van der Waals surface area contributed by atoms with Crippen LogP contribution < -0.4 is 0 Å². The molecule has 0 aliphatic carbocycles. The summed E-state index contributed by atoms with van der Waals surface area (Å²) in [5, 5.41) is 0. The molecule has 0 saturated heterocycles. The van der Waals surface area contributed by atoms with Crippen molar-refractivity contribution in [1.82, 2.24) is 0 Å². The fraction of sp³-hybridized carbons (Fsp3) is 0.879.